The van der Waals surface area contributed by atoms with Gasteiger partial charge in [-0.15, -0.1) is 0 Å². The third-order valence-corrected chi connectivity index (χ3v) is 2.80. The average molecular weight is 278 g/mol. The number of rotatable bonds is 4. The first-order valence-electron chi connectivity index (χ1n) is 5.61. The van der Waals surface area contributed by atoms with E-state index in [1.165, 1.54) is 6.07 Å². The molecule has 0 aromatic carbocycles. The molecule has 19 heavy (non-hydrogen) atoms. The van der Waals surface area contributed by atoms with Gasteiger partial charge in [0.15, 0.2) is 5.69 Å². The molecule has 2 N–H and O–H groups in total. The molecule has 0 bridgehead atoms. The molecule has 0 aliphatic carbocycles. The Kier molecular flexibility index (Phi) is 3.97. The van der Waals surface area contributed by atoms with Gasteiger partial charge in [0, 0.05) is 18.4 Å². The van der Waals surface area contributed by atoms with Gasteiger partial charge in [-0.2, -0.15) is 0 Å². The molecule has 5 nitrogen and oxygen atoms in total. The van der Waals surface area contributed by atoms with E-state index in [-0.39, 0.29) is 10.7 Å². The number of carbonyl (C=O) groups is 1. The van der Waals surface area contributed by atoms with E-state index in [9.17, 15) is 4.79 Å². The lowest BCUT2D eigenvalue weighted by Crippen LogP contribution is -2.06. The number of aromatic nitrogens is 2. The van der Waals surface area contributed by atoms with E-state index in [1.807, 2.05) is 19.1 Å². The van der Waals surface area contributed by atoms with E-state index in [0.29, 0.717) is 12.4 Å². The van der Waals surface area contributed by atoms with Crippen molar-refractivity contribution < 1.29 is 9.90 Å². The van der Waals surface area contributed by atoms with E-state index in [0.717, 1.165) is 11.3 Å². The Morgan fingerprint density at radius 1 is 1.37 bits per heavy atom. The summed E-state index contributed by atoms with van der Waals surface area (Å²) in [7, 11) is 0. The first-order chi connectivity index (χ1) is 9.06. The number of pyridine rings is 2. The molecule has 0 radical (unpaired) electrons. The highest BCUT2D eigenvalue weighted by molar-refractivity contribution is 6.33. The van der Waals surface area contributed by atoms with E-state index >= 15 is 0 Å². The molecule has 0 spiro atoms. The number of nitrogens with zero attached hydrogens (tertiary/aromatic N) is 2. The molecule has 6 heteroatoms. The number of halogens is 1. The molecule has 0 fully saturated rings. The van der Waals surface area contributed by atoms with Crippen LogP contribution in [0.1, 0.15) is 21.7 Å². The molecule has 0 aliphatic rings. The molecule has 0 aliphatic heterocycles. The van der Waals surface area contributed by atoms with Crippen LogP contribution < -0.4 is 5.32 Å². The second-order valence-electron chi connectivity index (χ2n) is 3.99. The predicted molar refractivity (Wildman–Crippen MR) is 72.5 cm³/mol. The maximum Gasteiger partial charge on any atom is 0.356 e. The summed E-state index contributed by atoms with van der Waals surface area (Å²) in [6.07, 6.45) is 1.76. The van der Waals surface area contributed by atoms with E-state index in [2.05, 4.69) is 15.3 Å². The summed E-state index contributed by atoms with van der Waals surface area (Å²) in [4.78, 5) is 19.0. The van der Waals surface area contributed by atoms with Crippen LogP contribution >= 0.6 is 11.6 Å². The minimum Gasteiger partial charge on any atom is -0.476 e. The molecule has 2 rings (SSSR count). The highest BCUT2D eigenvalue weighted by atomic mass is 35.5. The Morgan fingerprint density at radius 3 is 2.79 bits per heavy atom. The van der Waals surface area contributed by atoms with Gasteiger partial charge in [-0.1, -0.05) is 17.7 Å². The van der Waals surface area contributed by atoms with Crippen LogP contribution in [0.15, 0.2) is 30.5 Å². The maximum absolute atomic E-state index is 10.9. The van der Waals surface area contributed by atoms with Crippen LogP contribution in [-0.4, -0.2) is 21.0 Å². The molecule has 2 heterocycles. The van der Waals surface area contributed by atoms with Crippen LogP contribution in [0.3, 0.4) is 0 Å². The monoisotopic (exact) mass is 277 g/mol. The zero-order chi connectivity index (χ0) is 13.8. The van der Waals surface area contributed by atoms with Crippen molar-refractivity contribution in [1.82, 2.24) is 9.97 Å². The first-order valence-corrected chi connectivity index (χ1v) is 5.99. The van der Waals surface area contributed by atoms with Crippen molar-refractivity contribution in [2.24, 2.45) is 0 Å². The minimum absolute atomic E-state index is 0.120. The number of nitrogens with one attached hydrogen (secondary N) is 1. The van der Waals surface area contributed by atoms with Crippen LogP contribution in [0.5, 0.6) is 0 Å². The smallest absolute Gasteiger partial charge is 0.356 e. The number of aromatic carboxylic acids is 1. The first kappa shape index (κ1) is 13.3. The fourth-order valence-corrected chi connectivity index (χ4v) is 1.67. The Labute approximate surface area is 115 Å². The van der Waals surface area contributed by atoms with Crippen molar-refractivity contribution >= 4 is 23.4 Å². The van der Waals surface area contributed by atoms with Crippen LogP contribution in [0.4, 0.5) is 5.82 Å². The zero-order valence-corrected chi connectivity index (χ0v) is 11.0. The predicted octanol–water partition coefficient (Wildman–Crippen LogP) is 2.75. The quantitative estimate of drug-likeness (QED) is 0.899. The van der Waals surface area contributed by atoms with Crippen molar-refractivity contribution in [1.29, 1.82) is 0 Å². The van der Waals surface area contributed by atoms with Crippen molar-refractivity contribution in [2.45, 2.75) is 13.5 Å². The Hall–Kier alpha value is -2.14. The highest BCUT2D eigenvalue weighted by Crippen LogP contribution is 2.17. The average Bonchev–Trinajstić information content (AvgIpc) is 2.39. The van der Waals surface area contributed by atoms with Gasteiger partial charge in [0.2, 0.25) is 0 Å². The van der Waals surface area contributed by atoms with Gasteiger partial charge in [0.25, 0.3) is 0 Å². The molecule has 0 saturated carbocycles. The van der Waals surface area contributed by atoms with Crippen LogP contribution in [0, 0.1) is 6.92 Å². The van der Waals surface area contributed by atoms with E-state index in [4.69, 9.17) is 16.7 Å². The lowest BCUT2D eigenvalue weighted by molar-refractivity contribution is 0.0691. The summed E-state index contributed by atoms with van der Waals surface area (Å²) >= 11 is 5.74. The Bertz CT molecular complexity index is 599. The third-order valence-electron chi connectivity index (χ3n) is 2.49. The molecular formula is C13H12ClN3O2. The number of carboxylic acid groups (broad SMARTS) is 1. The second kappa shape index (κ2) is 5.67. The molecule has 0 atom stereocenters. The summed E-state index contributed by atoms with van der Waals surface area (Å²) in [5.74, 6) is -0.687. The van der Waals surface area contributed by atoms with Gasteiger partial charge in [-0.3, -0.25) is 4.98 Å². The van der Waals surface area contributed by atoms with E-state index < -0.39 is 5.97 Å². The van der Waals surface area contributed by atoms with Crippen molar-refractivity contribution in [3.8, 4) is 0 Å². The van der Waals surface area contributed by atoms with Gasteiger partial charge in [0.05, 0.1) is 5.02 Å². The molecule has 0 unspecified atom stereocenters. The SMILES string of the molecule is Cc1ccc(CNc2ccc(Cl)c(C(=O)O)n2)cn1. The fraction of sp³-hybridized carbons (Fsp3) is 0.154. The van der Waals surface area contributed by atoms with Gasteiger partial charge < -0.3 is 10.4 Å². The molecule has 0 amide bonds. The molecule has 2 aromatic rings. The van der Waals surface area contributed by atoms with Crippen LogP contribution in [-0.2, 0) is 6.54 Å². The van der Waals surface area contributed by atoms with Crippen molar-refractivity contribution in [2.75, 3.05) is 5.32 Å². The Balaban J connectivity index is 2.09. The third kappa shape index (κ3) is 3.42. The number of aryl methyl sites for hydroxylation is 1. The van der Waals surface area contributed by atoms with Crippen molar-refractivity contribution in [3.63, 3.8) is 0 Å². The molecule has 98 valence electrons. The summed E-state index contributed by atoms with van der Waals surface area (Å²) < 4.78 is 0. The number of hydrogen-bond acceptors (Lipinski definition) is 4. The normalized spacial score (nSPS) is 10.2. The fourth-order valence-electron chi connectivity index (χ4n) is 1.49. The number of anilines is 1. The van der Waals surface area contributed by atoms with Gasteiger partial charge in [-0.05, 0) is 30.7 Å². The molecule has 0 saturated heterocycles. The summed E-state index contributed by atoms with van der Waals surface area (Å²) in [5.41, 5.74) is 1.77. The van der Waals surface area contributed by atoms with E-state index in [1.54, 1.807) is 12.3 Å². The lowest BCUT2D eigenvalue weighted by atomic mass is 10.2. The summed E-state index contributed by atoms with van der Waals surface area (Å²) in [6.45, 7) is 2.43. The van der Waals surface area contributed by atoms with Gasteiger partial charge >= 0.3 is 5.97 Å². The molecular weight excluding hydrogens is 266 g/mol. The largest absolute Gasteiger partial charge is 0.476 e. The van der Waals surface area contributed by atoms with Crippen molar-refractivity contribution in [3.05, 3.63) is 52.4 Å². The summed E-state index contributed by atoms with van der Waals surface area (Å²) in [6, 6.07) is 7.00. The molecule has 2 aromatic heterocycles. The Morgan fingerprint density at radius 2 is 2.16 bits per heavy atom. The standard InChI is InChI=1S/C13H12ClN3O2/c1-8-2-3-9(6-15-8)7-16-11-5-4-10(14)12(17-11)13(18)19/h2-6H,7H2,1H3,(H,16,17)(H,18,19). The van der Waals surface area contributed by atoms with Crippen LogP contribution in [0.25, 0.3) is 0 Å². The van der Waals surface area contributed by atoms with Gasteiger partial charge in [-0.25, -0.2) is 9.78 Å². The topological polar surface area (TPSA) is 75.1 Å². The summed E-state index contributed by atoms with van der Waals surface area (Å²) in [5, 5.41) is 12.1. The maximum atomic E-state index is 10.9. The second-order valence-corrected chi connectivity index (χ2v) is 4.40. The van der Waals surface area contributed by atoms with Crippen LogP contribution in [0.2, 0.25) is 5.02 Å². The van der Waals surface area contributed by atoms with Gasteiger partial charge in [0.1, 0.15) is 5.82 Å². The highest BCUT2D eigenvalue weighted by Gasteiger charge is 2.11. The number of carboxylic acids is 1. The number of hydrogen-bond donors (Lipinski definition) is 2. The zero-order valence-electron chi connectivity index (χ0n) is 10.2. The lowest BCUT2D eigenvalue weighted by Gasteiger charge is -2.07. The minimum atomic E-state index is -1.15.